The van der Waals surface area contributed by atoms with Crippen LogP contribution < -0.4 is 30.2 Å². The molecule has 5 rings (SSSR count). The first-order valence-corrected chi connectivity index (χ1v) is 12.9. The van der Waals surface area contributed by atoms with Crippen LogP contribution in [0.1, 0.15) is 37.7 Å². The Labute approximate surface area is 218 Å². The summed E-state index contributed by atoms with van der Waals surface area (Å²) in [6.07, 6.45) is 5.39. The number of amides is 1. The second kappa shape index (κ2) is 10.6. The molecule has 3 aromatic carbocycles. The van der Waals surface area contributed by atoms with Crippen LogP contribution in [0, 0.1) is 11.8 Å². The molecule has 0 spiro atoms. The normalized spacial score (nSPS) is 17.1. The molecule has 3 aromatic rings. The summed E-state index contributed by atoms with van der Waals surface area (Å²) in [5.41, 5.74) is 2.60. The zero-order valence-electron chi connectivity index (χ0n) is 21.7. The van der Waals surface area contributed by atoms with E-state index in [1.54, 1.807) is 21.3 Å². The van der Waals surface area contributed by atoms with E-state index >= 15 is 0 Å². The van der Waals surface area contributed by atoms with Crippen molar-refractivity contribution in [2.45, 2.75) is 37.8 Å². The number of hydrogen-bond acceptors (Lipinski definition) is 6. The summed E-state index contributed by atoms with van der Waals surface area (Å²) in [5, 5.41) is 10.7. The first-order valence-electron chi connectivity index (χ1n) is 12.9. The van der Waals surface area contributed by atoms with Crippen LogP contribution in [-0.2, 0) is 10.5 Å². The van der Waals surface area contributed by atoms with Crippen LogP contribution in [0.3, 0.4) is 0 Å². The van der Waals surface area contributed by atoms with Gasteiger partial charge in [0.15, 0.2) is 5.66 Å². The highest BCUT2D eigenvalue weighted by Gasteiger charge is 2.53. The van der Waals surface area contributed by atoms with Gasteiger partial charge in [0, 0.05) is 17.3 Å². The standard InChI is InChI=1S/C30H35N3O4/c1-35-22-15-13-21(14-16-22)31-29(34)28(20-9-5-4-6-10-20)30(32-25-11-7-8-12-26(25)33-30)24-18-17-23(36-2)19-27(24)37-3/h7-8,11-20,28,32-33H,4-6,9-10H2,1-3H3,(H,31,34). The zero-order valence-corrected chi connectivity index (χ0v) is 21.7. The zero-order chi connectivity index (χ0) is 25.8. The van der Waals surface area contributed by atoms with Crippen LogP contribution in [0.5, 0.6) is 17.2 Å². The van der Waals surface area contributed by atoms with Gasteiger partial charge in [-0.05, 0) is 67.3 Å². The molecule has 1 aliphatic heterocycles. The summed E-state index contributed by atoms with van der Waals surface area (Å²) in [4.78, 5) is 14.3. The molecule has 7 nitrogen and oxygen atoms in total. The molecule has 1 saturated carbocycles. The molecule has 7 heteroatoms. The van der Waals surface area contributed by atoms with Crippen molar-refractivity contribution >= 4 is 23.0 Å². The van der Waals surface area contributed by atoms with Crippen molar-refractivity contribution < 1.29 is 19.0 Å². The van der Waals surface area contributed by atoms with Crippen molar-refractivity contribution in [1.82, 2.24) is 0 Å². The van der Waals surface area contributed by atoms with Crippen LogP contribution in [0.15, 0.2) is 66.7 Å². The maximum atomic E-state index is 14.3. The lowest BCUT2D eigenvalue weighted by atomic mass is 9.71. The predicted molar refractivity (Wildman–Crippen MR) is 147 cm³/mol. The molecule has 1 fully saturated rings. The van der Waals surface area contributed by atoms with Gasteiger partial charge in [-0.15, -0.1) is 0 Å². The van der Waals surface area contributed by atoms with E-state index in [9.17, 15) is 4.79 Å². The minimum Gasteiger partial charge on any atom is -0.497 e. The third-order valence-electron chi connectivity index (χ3n) is 7.65. The Kier molecular flexibility index (Phi) is 7.12. The number of ether oxygens (including phenoxy) is 3. The monoisotopic (exact) mass is 501 g/mol. The number of rotatable bonds is 8. The Morgan fingerprint density at radius 2 is 1.46 bits per heavy atom. The van der Waals surface area contributed by atoms with Gasteiger partial charge >= 0.3 is 0 Å². The maximum Gasteiger partial charge on any atom is 0.232 e. The van der Waals surface area contributed by atoms with Crippen molar-refractivity contribution in [1.29, 1.82) is 0 Å². The lowest BCUT2D eigenvalue weighted by molar-refractivity contribution is -0.124. The Hall–Kier alpha value is -3.87. The summed E-state index contributed by atoms with van der Waals surface area (Å²) in [5.74, 6) is 1.81. The molecule has 3 N–H and O–H groups in total. The highest BCUT2D eigenvalue weighted by Crippen LogP contribution is 2.51. The SMILES string of the molecule is COc1ccc(NC(=O)C(C2CCCCC2)C2(c3ccc(OC)cc3OC)Nc3ccccc3N2)cc1. The van der Waals surface area contributed by atoms with Crippen molar-refractivity contribution in [3.05, 3.63) is 72.3 Å². The summed E-state index contributed by atoms with van der Waals surface area (Å²) in [6, 6.07) is 21.3. The maximum absolute atomic E-state index is 14.3. The van der Waals surface area contributed by atoms with Gasteiger partial charge in [-0.1, -0.05) is 31.4 Å². The molecule has 0 aromatic heterocycles. The smallest absolute Gasteiger partial charge is 0.232 e. The average Bonchev–Trinajstić information content (AvgIpc) is 3.33. The molecule has 0 saturated heterocycles. The number of anilines is 3. The van der Waals surface area contributed by atoms with E-state index in [0.29, 0.717) is 11.5 Å². The number of fused-ring (bicyclic) bond motifs is 1. The summed E-state index contributed by atoms with van der Waals surface area (Å²) in [7, 11) is 4.92. The molecular weight excluding hydrogens is 466 g/mol. The number of carbonyl (C=O) groups excluding carboxylic acids is 1. The van der Waals surface area contributed by atoms with Crippen LogP contribution in [0.25, 0.3) is 0 Å². The lowest BCUT2D eigenvalue weighted by Crippen LogP contribution is -2.54. The molecule has 1 amide bonds. The highest BCUT2D eigenvalue weighted by atomic mass is 16.5. The van der Waals surface area contributed by atoms with Crippen LogP contribution in [-0.4, -0.2) is 27.2 Å². The molecule has 1 unspecified atom stereocenters. The van der Waals surface area contributed by atoms with E-state index in [4.69, 9.17) is 14.2 Å². The van der Waals surface area contributed by atoms with Gasteiger partial charge in [0.05, 0.1) is 38.6 Å². The Morgan fingerprint density at radius 1 is 0.838 bits per heavy atom. The molecular formula is C30H35N3O4. The quantitative estimate of drug-likeness (QED) is 0.339. The van der Waals surface area contributed by atoms with Crippen molar-refractivity contribution in [3.8, 4) is 17.2 Å². The Bertz CT molecular complexity index is 1210. The van der Waals surface area contributed by atoms with Gasteiger partial charge < -0.3 is 30.2 Å². The third kappa shape index (κ3) is 4.78. The molecule has 37 heavy (non-hydrogen) atoms. The van der Waals surface area contributed by atoms with E-state index in [-0.39, 0.29) is 11.8 Å². The van der Waals surface area contributed by atoms with E-state index in [1.807, 2.05) is 66.7 Å². The molecule has 1 heterocycles. The van der Waals surface area contributed by atoms with E-state index < -0.39 is 11.6 Å². The molecule has 194 valence electrons. The summed E-state index contributed by atoms with van der Waals surface area (Å²) >= 11 is 0. The lowest BCUT2D eigenvalue weighted by Gasteiger charge is -2.43. The summed E-state index contributed by atoms with van der Waals surface area (Å²) in [6.45, 7) is 0. The summed E-state index contributed by atoms with van der Waals surface area (Å²) < 4.78 is 16.7. The average molecular weight is 502 g/mol. The van der Waals surface area contributed by atoms with Crippen molar-refractivity contribution in [2.24, 2.45) is 11.8 Å². The largest absolute Gasteiger partial charge is 0.497 e. The molecule has 1 aliphatic carbocycles. The Balaban J connectivity index is 1.63. The number of methoxy groups -OCH3 is 3. The van der Waals surface area contributed by atoms with E-state index in [1.165, 1.54) is 6.42 Å². The molecule has 0 radical (unpaired) electrons. The van der Waals surface area contributed by atoms with Crippen molar-refractivity contribution in [2.75, 3.05) is 37.3 Å². The van der Waals surface area contributed by atoms with Crippen LogP contribution >= 0.6 is 0 Å². The predicted octanol–water partition coefficient (Wildman–Crippen LogP) is 6.24. The Morgan fingerprint density at radius 3 is 2.05 bits per heavy atom. The van der Waals surface area contributed by atoms with Gasteiger partial charge in [0.25, 0.3) is 0 Å². The number of benzene rings is 3. The van der Waals surface area contributed by atoms with Gasteiger partial charge in [-0.2, -0.15) is 0 Å². The van der Waals surface area contributed by atoms with Gasteiger partial charge in [-0.3, -0.25) is 4.79 Å². The van der Waals surface area contributed by atoms with Gasteiger partial charge in [0.1, 0.15) is 17.2 Å². The minimum absolute atomic E-state index is 0.0391. The van der Waals surface area contributed by atoms with Crippen LogP contribution in [0.4, 0.5) is 17.1 Å². The molecule has 0 bridgehead atoms. The fraction of sp³-hybridized carbons (Fsp3) is 0.367. The second-order valence-electron chi connectivity index (χ2n) is 9.76. The van der Waals surface area contributed by atoms with E-state index in [2.05, 4.69) is 16.0 Å². The number of hydrogen-bond donors (Lipinski definition) is 3. The fourth-order valence-corrected chi connectivity index (χ4v) is 5.87. The first-order chi connectivity index (χ1) is 18.1. The number of nitrogens with one attached hydrogen (secondary N) is 3. The highest BCUT2D eigenvalue weighted by molar-refractivity contribution is 5.96. The van der Waals surface area contributed by atoms with Crippen LogP contribution in [0.2, 0.25) is 0 Å². The topological polar surface area (TPSA) is 80.9 Å². The van der Waals surface area contributed by atoms with E-state index in [0.717, 1.165) is 54.1 Å². The van der Waals surface area contributed by atoms with Gasteiger partial charge in [-0.25, -0.2) is 0 Å². The second-order valence-corrected chi connectivity index (χ2v) is 9.76. The van der Waals surface area contributed by atoms with Gasteiger partial charge in [0.2, 0.25) is 5.91 Å². The van der Waals surface area contributed by atoms with Crippen molar-refractivity contribution in [3.63, 3.8) is 0 Å². The molecule has 1 atom stereocenters. The first kappa shape index (κ1) is 24.8. The number of para-hydroxylation sites is 2. The minimum atomic E-state index is -0.917. The fourth-order valence-electron chi connectivity index (χ4n) is 5.87. The molecule has 2 aliphatic rings. The number of carbonyl (C=O) groups is 1. The third-order valence-corrected chi connectivity index (χ3v) is 7.65.